The summed E-state index contributed by atoms with van der Waals surface area (Å²) in [6.45, 7) is 6.36. The average molecular weight is 352 g/mol. The van der Waals surface area contributed by atoms with Gasteiger partial charge in [0.25, 0.3) is 0 Å². The van der Waals surface area contributed by atoms with E-state index in [2.05, 4.69) is 13.8 Å². The first-order chi connectivity index (χ1) is 11.5. The van der Waals surface area contributed by atoms with Crippen LogP contribution >= 0.6 is 0 Å². The number of rotatable bonds is 9. The molecule has 1 saturated heterocycles. The largest absolute Gasteiger partial charge is 0.243 e. The fourth-order valence-corrected chi connectivity index (χ4v) is 5.70. The van der Waals surface area contributed by atoms with Crippen LogP contribution < -0.4 is 0 Å². The Labute approximate surface area is 148 Å². The number of nitrogens with zero attached hydrogens (tertiary/aromatic N) is 1. The average Bonchev–Trinajstić information content (AvgIpc) is 2.97. The highest BCUT2D eigenvalue weighted by molar-refractivity contribution is 7.89. The predicted molar refractivity (Wildman–Crippen MR) is 101 cm³/mol. The van der Waals surface area contributed by atoms with Crippen molar-refractivity contribution in [3.63, 3.8) is 0 Å². The molecule has 0 spiro atoms. The predicted octanol–water partition coefficient (Wildman–Crippen LogP) is 5.29. The van der Waals surface area contributed by atoms with Gasteiger partial charge in [-0.25, -0.2) is 8.42 Å². The Bertz CT molecular complexity index is 595. The summed E-state index contributed by atoms with van der Waals surface area (Å²) < 4.78 is 28.5. The van der Waals surface area contributed by atoms with E-state index in [4.69, 9.17) is 0 Å². The molecule has 0 bridgehead atoms. The smallest absolute Gasteiger partial charge is 0.207 e. The molecule has 1 aliphatic heterocycles. The van der Waals surface area contributed by atoms with Crippen LogP contribution in [0.3, 0.4) is 0 Å². The van der Waals surface area contributed by atoms with Gasteiger partial charge in [0, 0.05) is 12.1 Å². The number of sulfonamides is 1. The van der Waals surface area contributed by atoms with E-state index in [0.717, 1.165) is 50.5 Å². The first kappa shape index (κ1) is 19.5. The van der Waals surface area contributed by atoms with Gasteiger partial charge in [0.2, 0.25) is 10.0 Å². The first-order valence-electron chi connectivity index (χ1n) is 9.61. The second-order valence-electron chi connectivity index (χ2n) is 7.17. The third-order valence-corrected chi connectivity index (χ3v) is 7.20. The number of aryl methyl sites for hydroxylation is 1. The minimum atomic E-state index is -3.39. The molecule has 24 heavy (non-hydrogen) atoms. The van der Waals surface area contributed by atoms with Crippen LogP contribution in [-0.4, -0.2) is 24.8 Å². The van der Waals surface area contributed by atoms with Gasteiger partial charge in [-0.1, -0.05) is 63.6 Å². The van der Waals surface area contributed by atoms with Crippen molar-refractivity contribution in [1.29, 1.82) is 0 Å². The highest BCUT2D eigenvalue weighted by Crippen LogP contribution is 2.35. The lowest BCUT2D eigenvalue weighted by Gasteiger charge is -2.29. The van der Waals surface area contributed by atoms with Crippen molar-refractivity contribution in [3.05, 3.63) is 29.8 Å². The summed E-state index contributed by atoms with van der Waals surface area (Å²) >= 11 is 0. The molecule has 0 N–H and O–H groups in total. The highest BCUT2D eigenvalue weighted by atomic mass is 32.2. The van der Waals surface area contributed by atoms with E-state index in [1.165, 1.54) is 12.8 Å². The Hall–Kier alpha value is -0.870. The lowest BCUT2D eigenvalue weighted by Crippen LogP contribution is -2.41. The van der Waals surface area contributed by atoms with E-state index in [1.54, 1.807) is 12.1 Å². The molecule has 0 unspecified atom stereocenters. The maximum absolute atomic E-state index is 13.3. The van der Waals surface area contributed by atoms with Crippen molar-refractivity contribution in [1.82, 2.24) is 4.31 Å². The third-order valence-electron chi connectivity index (χ3n) is 5.18. The Morgan fingerprint density at radius 3 is 2.00 bits per heavy atom. The molecule has 0 aliphatic carbocycles. The molecule has 4 heteroatoms. The standard InChI is InChI=1S/C20H33NO2S/c1-4-6-8-10-19-14-13-18(9-7-5-2)21(19)24(22,23)20-15-11-17(3)12-16-20/h11-12,15-16,18-19H,4-10,13-14H2,1-3H3/t18-,19+/m0/s1. The van der Waals surface area contributed by atoms with E-state index in [0.29, 0.717) is 4.90 Å². The quantitative estimate of drug-likeness (QED) is 0.567. The second-order valence-corrected chi connectivity index (χ2v) is 9.01. The molecule has 1 heterocycles. The monoisotopic (exact) mass is 351 g/mol. The van der Waals surface area contributed by atoms with E-state index < -0.39 is 10.0 Å². The van der Waals surface area contributed by atoms with Gasteiger partial charge in [0.15, 0.2) is 0 Å². The summed E-state index contributed by atoms with van der Waals surface area (Å²) in [5.41, 5.74) is 1.09. The van der Waals surface area contributed by atoms with Crippen molar-refractivity contribution in [2.24, 2.45) is 0 Å². The minimum absolute atomic E-state index is 0.183. The zero-order valence-corrected chi connectivity index (χ0v) is 16.3. The molecule has 1 fully saturated rings. The van der Waals surface area contributed by atoms with Crippen LogP contribution in [0.2, 0.25) is 0 Å². The summed E-state index contributed by atoms with van der Waals surface area (Å²) in [4.78, 5) is 0.456. The van der Waals surface area contributed by atoms with Crippen molar-refractivity contribution in [3.8, 4) is 0 Å². The highest BCUT2D eigenvalue weighted by Gasteiger charge is 2.41. The van der Waals surface area contributed by atoms with Crippen LogP contribution in [0.15, 0.2) is 29.2 Å². The van der Waals surface area contributed by atoms with Gasteiger partial charge in [-0.2, -0.15) is 4.31 Å². The van der Waals surface area contributed by atoms with E-state index in [9.17, 15) is 8.42 Å². The number of hydrogen-bond donors (Lipinski definition) is 0. The third kappa shape index (κ3) is 4.60. The zero-order valence-electron chi connectivity index (χ0n) is 15.5. The van der Waals surface area contributed by atoms with Gasteiger partial charge in [0.1, 0.15) is 0 Å². The molecule has 136 valence electrons. The molecule has 2 rings (SSSR count). The van der Waals surface area contributed by atoms with Gasteiger partial charge in [0.05, 0.1) is 4.90 Å². The molecular formula is C20H33NO2S. The maximum atomic E-state index is 13.3. The first-order valence-corrected chi connectivity index (χ1v) is 11.0. The van der Waals surface area contributed by atoms with Crippen molar-refractivity contribution in [2.45, 2.75) is 95.5 Å². The zero-order chi connectivity index (χ0) is 17.6. The Morgan fingerprint density at radius 1 is 0.917 bits per heavy atom. The van der Waals surface area contributed by atoms with Crippen LogP contribution in [0.1, 0.15) is 77.2 Å². The molecule has 3 nitrogen and oxygen atoms in total. The fourth-order valence-electron chi connectivity index (χ4n) is 3.77. The fraction of sp³-hybridized carbons (Fsp3) is 0.700. The summed E-state index contributed by atoms with van der Waals surface area (Å²) in [5, 5.41) is 0. The van der Waals surface area contributed by atoms with Gasteiger partial charge in [-0.3, -0.25) is 0 Å². The molecule has 0 aromatic heterocycles. The number of benzene rings is 1. The van der Waals surface area contributed by atoms with E-state index in [1.807, 2.05) is 23.4 Å². The van der Waals surface area contributed by atoms with Crippen molar-refractivity contribution >= 4 is 10.0 Å². The molecule has 1 aromatic carbocycles. The summed E-state index contributed by atoms with van der Waals surface area (Å²) in [6.07, 6.45) is 9.74. The summed E-state index contributed by atoms with van der Waals surface area (Å²) in [7, 11) is -3.39. The van der Waals surface area contributed by atoms with Gasteiger partial charge in [-0.05, 0) is 44.7 Å². The van der Waals surface area contributed by atoms with Crippen LogP contribution in [0, 0.1) is 6.92 Å². The molecule has 1 aliphatic rings. The molecular weight excluding hydrogens is 318 g/mol. The van der Waals surface area contributed by atoms with E-state index >= 15 is 0 Å². The molecule has 2 atom stereocenters. The summed E-state index contributed by atoms with van der Waals surface area (Å²) in [5.74, 6) is 0. The SMILES string of the molecule is CCCCC[C@@H]1CC[C@H](CCCC)N1S(=O)(=O)c1ccc(C)cc1. The molecule has 0 amide bonds. The lowest BCUT2D eigenvalue weighted by molar-refractivity contribution is 0.290. The van der Waals surface area contributed by atoms with Gasteiger partial charge < -0.3 is 0 Å². The lowest BCUT2D eigenvalue weighted by atomic mass is 10.1. The van der Waals surface area contributed by atoms with Gasteiger partial charge in [-0.15, -0.1) is 0 Å². The van der Waals surface area contributed by atoms with Crippen LogP contribution in [0.5, 0.6) is 0 Å². The van der Waals surface area contributed by atoms with Crippen LogP contribution in [0.4, 0.5) is 0 Å². The van der Waals surface area contributed by atoms with Gasteiger partial charge >= 0.3 is 0 Å². The van der Waals surface area contributed by atoms with Crippen molar-refractivity contribution in [2.75, 3.05) is 0 Å². The number of unbranched alkanes of at least 4 members (excludes halogenated alkanes) is 3. The van der Waals surface area contributed by atoms with E-state index in [-0.39, 0.29) is 12.1 Å². The Balaban J connectivity index is 2.24. The Morgan fingerprint density at radius 2 is 1.46 bits per heavy atom. The number of hydrogen-bond acceptors (Lipinski definition) is 2. The van der Waals surface area contributed by atoms with Crippen LogP contribution in [-0.2, 0) is 10.0 Å². The molecule has 0 saturated carbocycles. The summed E-state index contributed by atoms with van der Waals surface area (Å²) in [6, 6.07) is 7.70. The topological polar surface area (TPSA) is 37.4 Å². The van der Waals surface area contributed by atoms with Crippen molar-refractivity contribution < 1.29 is 8.42 Å². The molecule has 1 aromatic rings. The Kier molecular flexibility index (Phi) is 7.30. The minimum Gasteiger partial charge on any atom is -0.207 e. The maximum Gasteiger partial charge on any atom is 0.243 e. The second kappa shape index (κ2) is 9.00. The molecule has 0 radical (unpaired) electrons. The normalized spacial score (nSPS) is 22.1. The van der Waals surface area contributed by atoms with Crippen LogP contribution in [0.25, 0.3) is 0 Å².